The van der Waals surface area contributed by atoms with E-state index in [1.807, 2.05) is 24.3 Å². The molecule has 0 radical (unpaired) electrons. The topological polar surface area (TPSA) is 90.7 Å². The first-order valence-electron chi connectivity index (χ1n) is 10.7. The lowest BCUT2D eigenvalue weighted by Gasteiger charge is -2.17. The van der Waals surface area contributed by atoms with Crippen molar-refractivity contribution in [2.45, 2.75) is 50.7 Å². The Morgan fingerprint density at radius 2 is 1.90 bits per heavy atom. The average molecular weight is 418 g/mol. The van der Waals surface area contributed by atoms with Gasteiger partial charge in [-0.1, -0.05) is 54.1 Å². The number of benzene rings is 2. The maximum absolute atomic E-state index is 10.8. The Bertz CT molecular complexity index is 1120. The van der Waals surface area contributed by atoms with Crippen LogP contribution in [0, 0.1) is 6.92 Å². The summed E-state index contributed by atoms with van der Waals surface area (Å²) in [5.41, 5.74) is 6.30. The predicted octanol–water partition coefficient (Wildman–Crippen LogP) is 4.69. The summed E-state index contributed by atoms with van der Waals surface area (Å²) in [5, 5.41) is 30.1. The molecule has 0 bridgehead atoms. The molecule has 31 heavy (non-hydrogen) atoms. The summed E-state index contributed by atoms with van der Waals surface area (Å²) < 4.78 is 0. The predicted molar refractivity (Wildman–Crippen MR) is 122 cm³/mol. The van der Waals surface area contributed by atoms with Crippen LogP contribution < -0.4 is 0 Å². The molecule has 0 saturated heterocycles. The Kier molecular flexibility index (Phi) is 6.16. The molecule has 0 spiro atoms. The van der Waals surface area contributed by atoms with E-state index in [9.17, 15) is 15.0 Å². The van der Waals surface area contributed by atoms with E-state index >= 15 is 0 Å². The van der Waals surface area contributed by atoms with Gasteiger partial charge in [0.15, 0.2) is 0 Å². The molecule has 1 heterocycles. The molecule has 2 atom stereocenters. The fraction of sp³-hybridized carbons (Fsp3) is 0.308. The molecular formula is C26H27NO4. The van der Waals surface area contributed by atoms with Crippen molar-refractivity contribution in [3.8, 4) is 11.1 Å². The second-order valence-corrected chi connectivity index (χ2v) is 8.36. The lowest BCUT2D eigenvalue weighted by atomic mass is 9.91. The van der Waals surface area contributed by atoms with Crippen LogP contribution in [0.25, 0.3) is 28.1 Å². The van der Waals surface area contributed by atoms with Gasteiger partial charge in [0, 0.05) is 28.9 Å². The first-order valence-corrected chi connectivity index (χ1v) is 10.7. The Labute approximate surface area is 181 Å². The standard InChI is InChI=1S/C26H27NO4/c1-16-7-12-23-22(13-16)25(17-5-3-2-4-6-17)21(26(27-23)18-8-9-18)11-10-19(28)14-20(29)15-24(30)31/h2-7,10-13,18-20,28-29H,8-9,14-15H2,1H3,(H,30,31). The lowest BCUT2D eigenvalue weighted by molar-refractivity contribution is -0.139. The Balaban J connectivity index is 1.81. The molecular weight excluding hydrogens is 390 g/mol. The molecule has 160 valence electrons. The largest absolute Gasteiger partial charge is 0.481 e. The van der Waals surface area contributed by atoms with Crippen molar-refractivity contribution in [1.29, 1.82) is 0 Å². The minimum atomic E-state index is -1.09. The molecule has 0 aliphatic heterocycles. The van der Waals surface area contributed by atoms with Gasteiger partial charge in [0.05, 0.1) is 29.8 Å². The van der Waals surface area contributed by atoms with Crippen LogP contribution in [0.2, 0.25) is 0 Å². The molecule has 5 heteroatoms. The highest BCUT2D eigenvalue weighted by Crippen LogP contribution is 2.45. The van der Waals surface area contributed by atoms with Crippen molar-refractivity contribution in [3.05, 3.63) is 71.4 Å². The smallest absolute Gasteiger partial charge is 0.305 e. The van der Waals surface area contributed by atoms with Crippen LogP contribution in [-0.2, 0) is 4.79 Å². The molecule has 2 unspecified atom stereocenters. The Hall–Kier alpha value is -3.02. The highest BCUT2D eigenvalue weighted by molar-refractivity contribution is 5.99. The Morgan fingerprint density at radius 3 is 2.58 bits per heavy atom. The van der Waals surface area contributed by atoms with Crippen LogP contribution >= 0.6 is 0 Å². The third-order valence-electron chi connectivity index (χ3n) is 5.64. The van der Waals surface area contributed by atoms with Crippen molar-refractivity contribution < 1.29 is 20.1 Å². The van der Waals surface area contributed by atoms with Crippen molar-refractivity contribution in [3.63, 3.8) is 0 Å². The van der Waals surface area contributed by atoms with Gasteiger partial charge < -0.3 is 15.3 Å². The number of aromatic nitrogens is 1. The minimum Gasteiger partial charge on any atom is -0.481 e. The highest BCUT2D eigenvalue weighted by Gasteiger charge is 2.29. The molecule has 5 nitrogen and oxygen atoms in total. The number of aliphatic hydroxyl groups is 2. The third kappa shape index (κ3) is 5.01. The molecule has 3 aromatic rings. The SMILES string of the molecule is Cc1ccc2nc(C3CC3)c(C=CC(O)CC(O)CC(=O)O)c(-c3ccccc3)c2c1. The number of carboxylic acids is 1. The number of fused-ring (bicyclic) bond motifs is 1. The van der Waals surface area contributed by atoms with Gasteiger partial charge >= 0.3 is 5.97 Å². The van der Waals surface area contributed by atoms with Crippen molar-refractivity contribution in [2.75, 3.05) is 0 Å². The number of carbonyl (C=O) groups is 1. The third-order valence-corrected chi connectivity index (χ3v) is 5.64. The van der Waals surface area contributed by atoms with E-state index in [-0.39, 0.29) is 12.8 Å². The number of aliphatic hydroxyl groups excluding tert-OH is 2. The molecule has 1 fully saturated rings. The zero-order valence-corrected chi connectivity index (χ0v) is 17.5. The number of pyridine rings is 1. The zero-order valence-electron chi connectivity index (χ0n) is 17.5. The molecule has 1 aliphatic carbocycles. The summed E-state index contributed by atoms with van der Waals surface area (Å²) in [7, 11) is 0. The second-order valence-electron chi connectivity index (χ2n) is 8.36. The van der Waals surface area contributed by atoms with Crippen LogP contribution in [0.15, 0.2) is 54.6 Å². The fourth-order valence-corrected chi connectivity index (χ4v) is 4.01. The van der Waals surface area contributed by atoms with Gasteiger partial charge in [-0.15, -0.1) is 0 Å². The van der Waals surface area contributed by atoms with Crippen molar-refractivity contribution in [2.24, 2.45) is 0 Å². The first kappa shape index (κ1) is 21.2. The van der Waals surface area contributed by atoms with Gasteiger partial charge in [-0.2, -0.15) is 0 Å². The van der Waals surface area contributed by atoms with Gasteiger partial charge in [-0.25, -0.2) is 0 Å². The van der Waals surface area contributed by atoms with Gasteiger partial charge in [0.25, 0.3) is 0 Å². The molecule has 1 aromatic heterocycles. The molecule has 1 aliphatic rings. The van der Waals surface area contributed by atoms with Crippen LogP contribution in [-0.4, -0.2) is 38.5 Å². The van der Waals surface area contributed by atoms with Crippen LogP contribution in [0.3, 0.4) is 0 Å². The van der Waals surface area contributed by atoms with E-state index in [1.165, 1.54) is 0 Å². The number of aliphatic carboxylic acids is 1. The van der Waals surface area contributed by atoms with Crippen LogP contribution in [0.5, 0.6) is 0 Å². The van der Waals surface area contributed by atoms with Crippen molar-refractivity contribution in [1.82, 2.24) is 4.98 Å². The summed E-state index contributed by atoms with van der Waals surface area (Å²) >= 11 is 0. The maximum atomic E-state index is 10.8. The number of aryl methyl sites for hydroxylation is 1. The second kappa shape index (κ2) is 9.00. The number of hydrogen-bond acceptors (Lipinski definition) is 4. The summed E-state index contributed by atoms with van der Waals surface area (Å²) in [6, 6.07) is 16.5. The van der Waals surface area contributed by atoms with Crippen LogP contribution in [0.4, 0.5) is 0 Å². The van der Waals surface area contributed by atoms with Gasteiger partial charge in [-0.05, 0) is 37.5 Å². The lowest BCUT2D eigenvalue weighted by Crippen LogP contribution is -2.19. The van der Waals surface area contributed by atoms with Gasteiger partial charge in [0.1, 0.15) is 0 Å². The number of rotatable bonds is 8. The van der Waals surface area contributed by atoms with E-state index in [1.54, 1.807) is 6.08 Å². The van der Waals surface area contributed by atoms with Gasteiger partial charge in [0.2, 0.25) is 0 Å². The monoisotopic (exact) mass is 417 g/mol. The van der Waals surface area contributed by atoms with E-state index in [0.717, 1.165) is 51.7 Å². The summed E-state index contributed by atoms with van der Waals surface area (Å²) in [5.74, 6) is -0.678. The average Bonchev–Trinajstić information content (AvgIpc) is 3.56. The highest BCUT2D eigenvalue weighted by atomic mass is 16.4. The van der Waals surface area contributed by atoms with E-state index in [4.69, 9.17) is 10.1 Å². The fourth-order valence-electron chi connectivity index (χ4n) is 4.01. The van der Waals surface area contributed by atoms with E-state index in [2.05, 4.69) is 37.3 Å². The van der Waals surface area contributed by atoms with Crippen molar-refractivity contribution >= 4 is 22.9 Å². The summed E-state index contributed by atoms with van der Waals surface area (Å²) in [4.78, 5) is 15.8. The normalized spacial score (nSPS) is 16.0. The molecule has 0 amide bonds. The summed E-state index contributed by atoms with van der Waals surface area (Å²) in [6.45, 7) is 2.06. The molecule has 1 saturated carbocycles. The van der Waals surface area contributed by atoms with Crippen LogP contribution in [0.1, 0.15) is 48.4 Å². The quantitative estimate of drug-likeness (QED) is 0.495. The van der Waals surface area contributed by atoms with Gasteiger partial charge in [-0.3, -0.25) is 9.78 Å². The first-order chi connectivity index (χ1) is 14.9. The molecule has 4 rings (SSSR count). The molecule has 3 N–H and O–H groups in total. The number of hydrogen-bond donors (Lipinski definition) is 3. The molecule has 2 aromatic carbocycles. The maximum Gasteiger partial charge on any atom is 0.305 e. The van der Waals surface area contributed by atoms with E-state index < -0.39 is 18.2 Å². The number of nitrogens with zero attached hydrogens (tertiary/aromatic N) is 1. The Morgan fingerprint density at radius 1 is 1.16 bits per heavy atom. The van der Waals surface area contributed by atoms with E-state index in [0.29, 0.717) is 5.92 Å². The minimum absolute atomic E-state index is 0.0254. The number of carboxylic acid groups (broad SMARTS) is 1. The zero-order chi connectivity index (χ0) is 22.0. The summed E-state index contributed by atoms with van der Waals surface area (Å²) in [6.07, 6.45) is 3.28.